The van der Waals surface area contributed by atoms with Gasteiger partial charge in [-0.15, -0.1) is 0 Å². The Kier molecular flexibility index (Phi) is 8.12. The lowest BCUT2D eigenvalue weighted by Crippen LogP contribution is -2.35. The van der Waals surface area contributed by atoms with Crippen LogP contribution in [0.25, 0.3) is 16.6 Å². The molecule has 234 valence electrons. The Bertz CT molecular complexity index is 1840. The van der Waals surface area contributed by atoms with Gasteiger partial charge in [0.1, 0.15) is 12.4 Å². The lowest BCUT2D eigenvalue weighted by molar-refractivity contribution is -0.0592. The summed E-state index contributed by atoms with van der Waals surface area (Å²) < 4.78 is 26.4. The molecule has 0 saturated carbocycles. The highest BCUT2D eigenvalue weighted by Crippen LogP contribution is 2.31. The molecular formula is C34H38N6O5. The average molecular weight is 611 g/mol. The standard InChI is InChI=1S/C34H38N6O5/c1-22-17-25(34(41)43-3)18-29-33(22)37-30(39(29)19-26-12-16-44-26)20-38-14-10-23(11-15-38)27-5-4-6-31(36-27)45-21-24-7-8-32(42-2)40-28(24)9-13-35-40/h4-9,13,17-18,23,26H,10-12,14-16,19-21H2,1-3H3/t26-/m0/s1. The summed E-state index contributed by atoms with van der Waals surface area (Å²) in [5, 5.41) is 4.35. The van der Waals surface area contributed by atoms with E-state index >= 15 is 0 Å². The fraction of sp³-hybridized carbons (Fsp3) is 0.412. The van der Waals surface area contributed by atoms with Gasteiger partial charge >= 0.3 is 5.97 Å². The maximum atomic E-state index is 12.4. The van der Waals surface area contributed by atoms with Gasteiger partial charge in [0, 0.05) is 35.9 Å². The zero-order valence-electron chi connectivity index (χ0n) is 25.9. The minimum atomic E-state index is -0.337. The van der Waals surface area contributed by atoms with Crippen LogP contribution < -0.4 is 9.47 Å². The monoisotopic (exact) mass is 610 g/mol. The molecule has 45 heavy (non-hydrogen) atoms. The number of carbonyl (C=O) groups excluding carboxylic acids is 1. The highest BCUT2D eigenvalue weighted by Gasteiger charge is 2.27. The first kappa shape index (κ1) is 29.2. The van der Waals surface area contributed by atoms with Gasteiger partial charge in [-0.25, -0.2) is 19.3 Å². The second kappa shape index (κ2) is 12.5. The SMILES string of the molecule is COC(=O)c1cc(C)c2nc(CN3CCC(c4cccc(OCc5ccc(OC)n6nccc56)n4)CC3)n(C[C@@H]3CCO3)c2c1. The van der Waals surface area contributed by atoms with Crippen molar-refractivity contribution in [3.05, 3.63) is 82.9 Å². The Morgan fingerprint density at radius 1 is 1.02 bits per heavy atom. The van der Waals surface area contributed by atoms with Crippen molar-refractivity contribution in [1.29, 1.82) is 0 Å². The summed E-state index contributed by atoms with van der Waals surface area (Å²) in [7, 11) is 3.05. The molecule has 0 spiro atoms. The summed E-state index contributed by atoms with van der Waals surface area (Å²) >= 11 is 0. The van der Waals surface area contributed by atoms with Gasteiger partial charge in [-0.1, -0.05) is 6.07 Å². The van der Waals surface area contributed by atoms with Crippen LogP contribution in [0.1, 0.15) is 58.2 Å². The number of nitrogens with zero attached hydrogens (tertiary/aromatic N) is 6. The second-order valence-corrected chi connectivity index (χ2v) is 11.8. The fourth-order valence-electron chi connectivity index (χ4n) is 6.44. The minimum Gasteiger partial charge on any atom is -0.481 e. The first-order valence-electron chi connectivity index (χ1n) is 15.5. The molecule has 2 aliphatic heterocycles. The molecule has 11 nitrogen and oxygen atoms in total. The summed E-state index contributed by atoms with van der Waals surface area (Å²) in [6.45, 7) is 6.54. The van der Waals surface area contributed by atoms with Gasteiger partial charge < -0.3 is 23.5 Å². The molecule has 0 aliphatic carbocycles. The molecule has 7 rings (SSSR count). The number of esters is 1. The number of aryl methyl sites for hydroxylation is 1. The van der Waals surface area contributed by atoms with E-state index in [9.17, 15) is 4.79 Å². The van der Waals surface area contributed by atoms with Crippen LogP contribution in [0.3, 0.4) is 0 Å². The highest BCUT2D eigenvalue weighted by molar-refractivity contribution is 5.95. The van der Waals surface area contributed by atoms with E-state index in [0.717, 1.165) is 91.2 Å². The van der Waals surface area contributed by atoms with E-state index in [0.29, 0.717) is 29.8 Å². The molecule has 0 amide bonds. The first-order valence-corrected chi connectivity index (χ1v) is 15.5. The number of likely N-dealkylation sites (tertiary alicyclic amines) is 1. The van der Waals surface area contributed by atoms with Crippen LogP contribution in [0.2, 0.25) is 0 Å². The molecule has 6 heterocycles. The Labute approximate surface area is 261 Å². The molecule has 4 aromatic heterocycles. The van der Waals surface area contributed by atoms with Gasteiger partial charge in [0.05, 0.1) is 61.7 Å². The van der Waals surface area contributed by atoms with Crippen molar-refractivity contribution < 1.29 is 23.7 Å². The molecule has 0 N–H and O–H groups in total. The van der Waals surface area contributed by atoms with Crippen LogP contribution in [0.5, 0.6) is 11.8 Å². The van der Waals surface area contributed by atoms with Gasteiger partial charge in [0.25, 0.3) is 0 Å². The Balaban J connectivity index is 1.02. The maximum Gasteiger partial charge on any atom is 0.337 e. The van der Waals surface area contributed by atoms with Crippen molar-refractivity contribution in [2.45, 2.75) is 57.9 Å². The van der Waals surface area contributed by atoms with E-state index in [1.165, 1.54) is 7.11 Å². The molecular weight excluding hydrogens is 572 g/mol. The van der Waals surface area contributed by atoms with Crippen molar-refractivity contribution >= 4 is 22.5 Å². The molecule has 0 bridgehead atoms. The third-order valence-electron chi connectivity index (χ3n) is 9.03. The number of imidazole rings is 1. The number of fused-ring (bicyclic) bond motifs is 2. The number of benzene rings is 1. The van der Waals surface area contributed by atoms with Gasteiger partial charge in [0.2, 0.25) is 11.8 Å². The normalized spacial score (nSPS) is 17.4. The predicted octanol–water partition coefficient (Wildman–Crippen LogP) is 4.93. The zero-order valence-corrected chi connectivity index (χ0v) is 25.9. The molecule has 2 fully saturated rings. The number of rotatable bonds is 10. The van der Waals surface area contributed by atoms with E-state index in [-0.39, 0.29) is 12.1 Å². The molecule has 1 aromatic carbocycles. The number of ether oxygens (including phenoxy) is 4. The molecule has 1 atom stereocenters. The van der Waals surface area contributed by atoms with Crippen molar-refractivity contribution in [2.24, 2.45) is 0 Å². The smallest absolute Gasteiger partial charge is 0.337 e. The van der Waals surface area contributed by atoms with E-state index in [1.807, 2.05) is 49.4 Å². The van der Waals surface area contributed by atoms with Crippen LogP contribution in [0.15, 0.2) is 54.7 Å². The van der Waals surface area contributed by atoms with Gasteiger partial charge in [-0.05, 0) is 75.2 Å². The molecule has 5 aromatic rings. The predicted molar refractivity (Wildman–Crippen MR) is 168 cm³/mol. The largest absolute Gasteiger partial charge is 0.481 e. The minimum absolute atomic E-state index is 0.172. The maximum absolute atomic E-state index is 12.4. The number of hydrogen-bond acceptors (Lipinski definition) is 9. The molecule has 0 unspecified atom stereocenters. The van der Waals surface area contributed by atoms with Crippen LogP contribution >= 0.6 is 0 Å². The quantitative estimate of drug-likeness (QED) is 0.204. The van der Waals surface area contributed by atoms with Crippen molar-refractivity contribution in [1.82, 2.24) is 29.0 Å². The van der Waals surface area contributed by atoms with Gasteiger partial charge in [-0.3, -0.25) is 4.90 Å². The third-order valence-corrected chi connectivity index (χ3v) is 9.03. The summed E-state index contributed by atoms with van der Waals surface area (Å²) in [5.41, 5.74) is 6.43. The van der Waals surface area contributed by atoms with Crippen LogP contribution in [0.4, 0.5) is 0 Å². The Morgan fingerprint density at radius 2 is 1.87 bits per heavy atom. The molecule has 11 heteroatoms. The number of hydrogen-bond donors (Lipinski definition) is 0. The van der Waals surface area contributed by atoms with Crippen molar-refractivity contribution in [3.63, 3.8) is 0 Å². The number of piperidine rings is 1. The third kappa shape index (κ3) is 5.85. The average Bonchev–Trinajstić information content (AvgIpc) is 3.67. The molecule has 0 radical (unpaired) electrons. The van der Waals surface area contributed by atoms with Gasteiger partial charge in [0.15, 0.2) is 0 Å². The zero-order chi connectivity index (χ0) is 30.9. The summed E-state index contributed by atoms with van der Waals surface area (Å²) in [6.07, 6.45) is 4.97. The number of carbonyl (C=O) groups is 1. The van der Waals surface area contributed by atoms with Crippen LogP contribution in [0, 0.1) is 6.92 Å². The molecule has 2 saturated heterocycles. The van der Waals surface area contributed by atoms with Crippen LogP contribution in [-0.2, 0) is 29.2 Å². The lowest BCUT2D eigenvalue weighted by atomic mass is 9.93. The Hall–Kier alpha value is -4.48. The summed E-state index contributed by atoms with van der Waals surface area (Å²) in [4.78, 5) is 24.8. The van der Waals surface area contributed by atoms with Crippen LogP contribution in [-0.4, -0.2) is 75.0 Å². The van der Waals surface area contributed by atoms with Gasteiger partial charge in [-0.2, -0.15) is 5.10 Å². The van der Waals surface area contributed by atoms with E-state index in [1.54, 1.807) is 17.8 Å². The molecule has 2 aliphatic rings. The van der Waals surface area contributed by atoms with Crippen molar-refractivity contribution in [2.75, 3.05) is 33.9 Å². The van der Waals surface area contributed by atoms with E-state index < -0.39 is 0 Å². The highest BCUT2D eigenvalue weighted by atomic mass is 16.5. The summed E-state index contributed by atoms with van der Waals surface area (Å²) in [5.74, 6) is 2.33. The number of pyridine rings is 2. The second-order valence-electron chi connectivity index (χ2n) is 11.8. The van der Waals surface area contributed by atoms with E-state index in [4.69, 9.17) is 28.9 Å². The fourth-order valence-corrected chi connectivity index (χ4v) is 6.44. The number of methoxy groups -OCH3 is 2. The topological polar surface area (TPSA) is 105 Å². The number of aromatic nitrogens is 5. The Morgan fingerprint density at radius 3 is 2.62 bits per heavy atom. The first-order chi connectivity index (χ1) is 22.0. The van der Waals surface area contributed by atoms with E-state index in [2.05, 4.69) is 20.6 Å². The summed E-state index contributed by atoms with van der Waals surface area (Å²) in [6, 6.07) is 15.7. The van der Waals surface area contributed by atoms with Crippen molar-refractivity contribution in [3.8, 4) is 11.8 Å². The lowest BCUT2D eigenvalue weighted by Gasteiger charge is -2.32.